The minimum Gasteiger partial charge on any atom is -0.311 e. The number of hydrogen-bond acceptors (Lipinski definition) is 2. The quantitative estimate of drug-likeness (QED) is 0.918. The van der Waals surface area contributed by atoms with Crippen LogP contribution in [0.5, 0.6) is 0 Å². The van der Waals surface area contributed by atoms with Gasteiger partial charge in [0.25, 0.3) is 0 Å². The highest BCUT2D eigenvalue weighted by Crippen LogP contribution is 2.41. The van der Waals surface area contributed by atoms with Crippen molar-refractivity contribution in [3.8, 4) is 0 Å². The first-order valence-corrected chi connectivity index (χ1v) is 7.55. The summed E-state index contributed by atoms with van der Waals surface area (Å²) in [5.41, 5.74) is 0.332. The van der Waals surface area contributed by atoms with E-state index in [-0.39, 0.29) is 6.04 Å². The third-order valence-corrected chi connectivity index (χ3v) is 4.86. The molecule has 3 rings (SSSR count). The maximum atomic E-state index is 13.6. The Hall–Kier alpha value is -1.07. The van der Waals surface area contributed by atoms with E-state index in [1.807, 2.05) is 0 Å². The summed E-state index contributed by atoms with van der Waals surface area (Å²) in [6, 6.07) is 7.51. The lowest BCUT2D eigenvalue weighted by Crippen LogP contribution is -2.50. The van der Waals surface area contributed by atoms with Crippen molar-refractivity contribution in [2.45, 2.75) is 56.0 Å². The smallest absolute Gasteiger partial charge is 0.311 e. The van der Waals surface area contributed by atoms with E-state index in [1.165, 1.54) is 0 Å². The molecule has 2 fully saturated rings. The molecule has 2 saturated heterocycles. The number of nitrogens with zero attached hydrogens (tertiary/aromatic N) is 1. The first-order valence-electron chi connectivity index (χ1n) is 7.55. The minimum atomic E-state index is -4.25. The van der Waals surface area contributed by atoms with Crippen LogP contribution < -0.4 is 5.32 Å². The van der Waals surface area contributed by atoms with Gasteiger partial charge >= 0.3 is 6.18 Å². The van der Waals surface area contributed by atoms with E-state index in [2.05, 4.69) is 5.32 Å². The van der Waals surface area contributed by atoms with Gasteiger partial charge in [-0.15, -0.1) is 0 Å². The molecule has 21 heavy (non-hydrogen) atoms. The zero-order valence-electron chi connectivity index (χ0n) is 12.1. The van der Waals surface area contributed by atoms with E-state index < -0.39 is 12.2 Å². The van der Waals surface area contributed by atoms with Crippen LogP contribution in [0, 0.1) is 0 Å². The SMILES string of the molecule is CN(C1CC2CCC(C1)N2)C(c1ccccc1)C(F)(F)F. The van der Waals surface area contributed by atoms with Crippen LogP contribution in [-0.2, 0) is 0 Å². The highest BCUT2D eigenvalue weighted by atomic mass is 19.4. The molecule has 1 aromatic carbocycles. The summed E-state index contributed by atoms with van der Waals surface area (Å²) in [4.78, 5) is 1.54. The fourth-order valence-electron chi connectivity index (χ4n) is 3.86. The Morgan fingerprint density at radius 1 is 1.10 bits per heavy atom. The van der Waals surface area contributed by atoms with Gasteiger partial charge in [-0.05, 0) is 38.3 Å². The Morgan fingerprint density at radius 3 is 2.19 bits per heavy atom. The van der Waals surface area contributed by atoms with Crippen LogP contribution in [0.3, 0.4) is 0 Å². The number of fused-ring (bicyclic) bond motifs is 2. The average Bonchev–Trinajstić information content (AvgIpc) is 2.77. The molecule has 1 aromatic rings. The molecule has 116 valence electrons. The number of rotatable bonds is 3. The number of halogens is 3. The van der Waals surface area contributed by atoms with Gasteiger partial charge in [0.05, 0.1) is 0 Å². The molecule has 3 atom stereocenters. The van der Waals surface area contributed by atoms with E-state index in [4.69, 9.17) is 0 Å². The zero-order valence-corrected chi connectivity index (χ0v) is 12.1. The minimum absolute atomic E-state index is 0.00409. The average molecular weight is 298 g/mol. The summed E-state index contributed by atoms with van der Waals surface area (Å²) in [6.07, 6.45) is -0.438. The Bertz CT molecular complexity index is 462. The lowest BCUT2D eigenvalue weighted by molar-refractivity contribution is -0.190. The molecule has 3 unspecified atom stereocenters. The van der Waals surface area contributed by atoms with Gasteiger partial charge in [-0.3, -0.25) is 4.90 Å². The van der Waals surface area contributed by atoms with Gasteiger partial charge in [-0.25, -0.2) is 0 Å². The normalized spacial score (nSPS) is 30.6. The molecule has 0 radical (unpaired) electrons. The molecule has 0 aromatic heterocycles. The fourth-order valence-corrected chi connectivity index (χ4v) is 3.86. The molecular formula is C16H21F3N2. The van der Waals surface area contributed by atoms with E-state index in [0.29, 0.717) is 17.6 Å². The molecular weight excluding hydrogens is 277 g/mol. The summed E-state index contributed by atoms with van der Waals surface area (Å²) in [6.45, 7) is 0. The molecule has 2 heterocycles. The molecule has 0 spiro atoms. The molecule has 0 saturated carbocycles. The van der Waals surface area contributed by atoms with Crippen molar-refractivity contribution in [3.05, 3.63) is 35.9 Å². The van der Waals surface area contributed by atoms with Crippen molar-refractivity contribution in [1.29, 1.82) is 0 Å². The summed E-state index contributed by atoms with van der Waals surface area (Å²) in [7, 11) is 1.63. The topological polar surface area (TPSA) is 15.3 Å². The second-order valence-corrected chi connectivity index (χ2v) is 6.28. The lowest BCUT2D eigenvalue weighted by atomic mass is 9.95. The Kier molecular flexibility index (Phi) is 3.97. The van der Waals surface area contributed by atoms with Crippen LogP contribution in [0.15, 0.2) is 30.3 Å². The Morgan fingerprint density at radius 2 is 1.67 bits per heavy atom. The van der Waals surface area contributed by atoms with Crippen molar-refractivity contribution < 1.29 is 13.2 Å². The van der Waals surface area contributed by atoms with Gasteiger partial charge in [0, 0.05) is 18.1 Å². The molecule has 2 aliphatic rings. The third kappa shape index (κ3) is 3.09. The van der Waals surface area contributed by atoms with Gasteiger partial charge in [0.2, 0.25) is 0 Å². The number of nitrogens with one attached hydrogen (secondary N) is 1. The van der Waals surface area contributed by atoms with Crippen molar-refractivity contribution in [2.75, 3.05) is 7.05 Å². The third-order valence-electron chi connectivity index (χ3n) is 4.86. The highest BCUT2D eigenvalue weighted by molar-refractivity contribution is 5.21. The van der Waals surface area contributed by atoms with Gasteiger partial charge in [-0.2, -0.15) is 13.2 Å². The van der Waals surface area contributed by atoms with Crippen LogP contribution >= 0.6 is 0 Å². The summed E-state index contributed by atoms with van der Waals surface area (Å²) in [5, 5.41) is 3.48. The van der Waals surface area contributed by atoms with E-state index in [1.54, 1.807) is 42.3 Å². The van der Waals surface area contributed by atoms with Gasteiger partial charge in [0.1, 0.15) is 6.04 Å². The summed E-state index contributed by atoms with van der Waals surface area (Å²) < 4.78 is 40.7. The van der Waals surface area contributed by atoms with E-state index >= 15 is 0 Å². The van der Waals surface area contributed by atoms with Gasteiger partial charge < -0.3 is 5.32 Å². The highest BCUT2D eigenvalue weighted by Gasteiger charge is 2.47. The second-order valence-electron chi connectivity index (χ2n) is 6.28. The van der Waals surface area contributed by atoms with Crippen molar-refractivity contribution in [3.63, 3.8) is 0 Å². The largest absolute Gasteiger partial charge is 0.408 e. The zero-order chi connectivity index (χ0) is 15.0. The van der Waals surface area contributed by atoms with Crippen LogP contribution in [0.25, 0.3) is 0 Å². The molecule has 0 aliphatic carbocycles. The van der Waals surface area contributed by atoms with E-state index in [0.717, 1.165) is 25.7 Å². The monoisotopic (exact) mass is 298 g/mol. The van der Waals surface area contributed by atoms with Crippen molar-refractivity contribution in [2.24, 2.45) is 0 Å². The second kappa shape index (κ2) is 5.61. The molecule has 2 nitrogen and oxygen atoms in total. The maximum absolute atomic E-state index is 13.6. The first-order chi connectivity index (χ1) is 9.95. The number of piperidine rings is 1. The molecule has 2 aliphatic heterocycles. The van der Waals surface area contributed by atoms with Crippen molar-refractivity contribution in [1.82, 2.24) is 10.2 Å². The standard InChI is InChI=1S/C16H21F3N2/c1-21(14-9-12-7-8-13(10-14)20-12)15(16(17,18)19)11-5-3-2-4-6-11/h2-6,12-15,20H,7-10H2,1H3. The Labute approximate surface area is 123 Å². The molecule has 0 amide bonds. The van der Waals surface area contributed by atoms with Crippen LogP contribution in [0.2, 0.25) is 0 Å². The predicted octanol–water partition coefficient (Wildman–Crippen LogP) is 3.50. The molecule has 1 N–H and O–H groups in total. The van der Waals surface area contributed by atoms with Crippen molar-refractivity contribution >= 4 is 0 Å². The van der Waals surface area contributed by atoms with Gasteiger partial charge in [0.15, 0.2) is 0 Å². The number of alkyl halides is 3. The summed E-state index contributed by atoms with van der Waals surface area (Å²) >= 11 is 0. The maximum Gasteiger partial charge on any atom is 0.408 e. The first kappa shape index (κ1) is 14.9. The lowest BCUT2D eigenvalue weighted by Gasteiger charge is -2.40. The van der Waals surface area contributed by atoms with Crippen LogP contribution in [0.4, 0.5) is 13.2 Å². The molecule has 5 heteroatoms. The van der Waals surface area contributed by atoms with Gasteiger partial charge in [-0.1, -0.05) is 30.3 Å². The molecule has 2 bridgehead atoms. The Balaban J connectivity index is 1.83. The number of hydrogen-bond donors (Lipinski definition) is 1. The fraction of sp³-hybridized carbons (Fsp3) is 0.625. The van der Waals surface area contributed by atoms with Crippen LogP contribution in [-0.4, -0.2) is 36.2 Å². The van der Waals surface area contributed by atoms with Crippen LogP contribution in [0.1, 0.15) is 37.3 Å². The van der Waals surface area contributed by atoms with E-state index in [9.17, 15) is 13.2 Å². The predicted molar refractivity (Wildman–Crippen MR) is 76.0 cm³/mol. The number of benzene rings is 1. The summed E-state index contributed by atoms with van der Waals surface area (Å²) in [5.74, 6) is 0.